The third kappa shape index (κ3) is 6.94. The van der Waals surface area contributed by atoms with E-state index >= 15 is 4.39 Å². The van der Waals surface area contributed by atoms with Crippen LogP contribution in [0.15, 0.2) is 42.0 Å². The molecular formula is C40H55FNO11PS. The lowest BCUT2D eigenvalue weighted by atomic mass is 9.44. The number of rotatable bonds is 10. The van der Waals surface area contributed by atoms with E-state index in [-0.39, 0.29) is 52.8 Å². The van der Waals surface area contributed by atoms with Gasteiger partial charge < -0.3 is 44.4 Å². The lowest BCUT2D eigenvalue weighted by molar-refractivity contribution is -0.235. The molecule has 2 unspecified atom stereocenters. The van der Waals surface area contributed by atoms with Gasteiger partial charge in [-0.15, -0.1) is 0 Å². The molecule has 2 saturated heterocycles. The predicted molar refractivity (Wildman–Crippen MR) is 201 cm³/mol. The van der Waals surface area contributed by atoms with Gasteiger partial charge in [-0.2, -0.15) is 0 Å². The van der Waals surface area contributed by atoms with Crippen LogP contribution in [0.1, 0.15) is 90.4 Å². The number of hydrogen-bond donors (Lipinski definition) is 5. The number of ether oxygens (including phenoxy) is 2. The van der Waals surface area contributed by atoms with Crippen molar-refractivity contribution in [2.75, 3.05) is 24.7 Å². The number of fused-ring (bicyclic) bond motifs is 7. The Morgan fingerprint density at radius 3 is 2.56 bits per heavy atom. The second kappa shape index (κ2) is 14.4. The number of allylic oxidation sites excluding steroid dienone is 4. The third-order valence-electron chi connectivity index (χ3n) is 13.8. The van der Waals surface area contributed by atoms with Gasteiger partial charge in [-0.05, 0) is 113 Å². The van der Waals surface area contributed by atoms with E-state index in [9.17, 15) is 39.3 Å². The molecular weight excluding hydrogens is 752 g/mol. The molecule has 0 amide bonds. The van der Waals surface area contributed by atoms with Crippen molar-refractivity contribution in [1.29, 1.82) is 0 Å². The number of β-amino-alcohol motifs (C(OH)–C–C–N with tert-alkyl or cyclic N) is 1. The van der Waals surface area contributed by atoms with Gasteiger partial charge in [0.05, 0.1) is 18.3 Å². The van der Waals surface area contributed by atoms with Crippen LogP contribution in [0.2, 0.25) is 0 Å². The lowest BCUT2D eigenvalue weighted by Gasteiger charge is -2.62. The largest absolute Gasteiger partial charge is 0.746 e. The average Bonchev–Trinajstić information content (AvgIpc) is 3.61. The quantitative estimate of drug-likeness (QED) is 0.171. The summed E-state index contributed by atoms with van der Waals surface area (Å²) in [5.74, 6) is 0.104. The molecule has 12 nitrogen and oxygen atoms in total. The summed E-state index contributed by atoms with van der Waals surface area (Å²) in [6.45, 7) is 9.09. The number of alkyl halides is 1. The standard InChI is InChI=1S/C40H55FNO11PS/c1-36(2,3)42-20-30(45)24-6-9-31(53-54(48,49)50)25(16-24)22-55-14-11-23(12-15-55)35-51-34-18-29-28-8-7-26-17-27(44)10-13-37(26,4)39(28,41)32(46)19-38(29,5)40(34,52-35)33(47)21-43/h6,9-10,13,16-17,23,28-30,32,34-35,42-43,45-46H,7-8,11-12,14-15,18-22H2,1-5H3,(H-,48,49,50)/t23?,28-,29-,30?,32-,34+,35+,37-,38-,39-,40+,55?/m0/s1. The van der Waals surface area contributed by atoms with Crippen LogP contribution in [0.5, 0.6) is 5.75 Å². The van der Waals surface area contributed by atoms with Gasteiger partial charge in [0, 0.05) is 40.3 Å². The molecule has 4 aliphatic carbocycles. The Hall–Kier alpha value is -1.97. The number of carbonyl (C=O) groups is 2. The zero-order chi connectivity index (χ0) is 39.9. The SMILES string of the molecule is CC(C)(C)NCC(O)c1ccc(OP(=O)([O-])O)c(C[S+]2CCC([C@@H]3O[C@@H]4C[C@H]5[C@@H]6CCC7=CC(=O)C=C[C@]7(C)[C@@]6(F)[C@@H](O)C[C@]5(C)[C@]4(C(=O)CO)O3)CC2)c1. The number of nitrogens with one attached hydrogen (secondary N) is 1. The number of halogens is 1. The fourth-order valence-corrected chi connectivity index (χ4v) is 13.8. The van der Waals surface area contributed by atoms with Crippen LogP contribution in [-0.2, 0) is 40.3 Å². The Morgan fingerprint density at radius 1 is 1.20 bits per heavy atom. The molecule has 11 atom stereocenters. The molecule has 0 spiro atoms. The van der Waals surface area contributed by atoms with Crippen molar-refractivity contribution in [3.8, 4) is 5.75 Å². The predicted octanol–water partition coefficient (Wildman–Crippen LogP) is 3.50. The Morgan fingerprint density at radius 2 is 1.91 bits per heavy atom. The molecule has 5 N–H and O–H groups in total. The van der Waals surface area contributed by atoms with Gasteiger partial charge in [0.2, 0.25) is 0 Å². The molecule has 2 heterocycles. The van der Waals surface area contributed by atoms with E-state index in [2.05, 4.69) is 5.32 Å². The van der Waals surface area contributed by atoms with Crippen molar-refractivity contribution in [1.82, 2.24) is 5.32 Å². The van der Waals surface area contributed by atoms with Crippen molar-refractivity contribution >= 4 is 30.3 Å². The number of phosphoric acid groups is 1. The Kier molecular flexibility index (Phi) is 10.8. The van der Waals surface area contributed by atoms with Crippen LogP contribution >= 0.6 is 7.82 Å². The first-order valence-electron chi connectivity index (χ1n) is 19.4. The van der Waals surface area contributed by atoms with Gasteiger partial charge in [-0.1, -0.05) is 24.6 Å². The Bertz CT molecular complexity index is 1810. The molecule has 2 aliphatic heterocycles. The fraction of sp³-hybridized carbons (Fsp3) is 0.700. The van der Waals surface area contributed by atoms with E-state index in [1.54, 1.807) is 25.1 Å². The minimum absolute atomic E-state index is 0.0110. The summed E-state index contributed by atoms with van der Waals surface area (Å²) in [7, 11) is -5.33. The Labute approximate surface area is 324 Å². The number of aliphatic hydroxyl groups excluding tert-OH is 3. The van der Waals surface area contributed by atoms with E-state index in [0.29, 0.717) is 54.6 Å². The second-order valence-corrected chi connectivity index (χ2v) is 21.5. The number of carbonyl (C=O) groups excluding carboxylic acids is 2. The van der Waals surface area contributed by atoms with Crippen LogP contribution < -0.4 is 14.7 Å². The van der Waals surface area contributed by atoms with E-state index < -0.39 is 72.8 Å². The van der Waals surface area contributed by atoms with E-state index in [1.165, 1.54) is 18.2 Å². The van der Waals surface area contributed by atoms with Crippen molar-refractivity contribution in [2.24, 2.45) is 28.6 Å². The summed E-state index contributed by atoms with van der Waals surface area (Å²) < 4.78 is 47.8. The number of hydrogen-bond acceptors (Lipinski definition) is 11. The third-order valence-corrected chi connectivity index (χ3v) is 16.5. The van der Waals surface area contributed by atoms with Crippen LogP contribution in [0.25, 0.3) is 0 Å². The number of phosphoric ester groups is 1. The van der Waals surface area contributed by atoms with Gasteiger partial charge in [-0.3, -0.25) is 14.2 Å². The molecule has 6 aliphatic rings. The fourth-order valence-electron chi connectivity index (χ4n) is 11.0. The molecule has 1 aromatic rings. The van der Waals surface area contributed by atoms with Gasteiger partial charge in [0.15, 0.2) is 29.1 Å². The summed E-state index contributed by atoms with van der Waals surface area (Å²) in [6, 6.07) is 4.77. The topological polar surface area (TPSA) is 195 Å². The van der Waals surface area contributed by atoms with Crippen molar-refractivity contribution < 1.29 is 57.6 Å². The first-order valence-corrected chi connectivity index (χ1v) is 22.6. The number of aliphatic hydroxyl groups is 3. The minimum atomic E-state index is -5.09. The molecule has 0 aromatic heterocycles. The molecule has 3 saturated carbocycles. The summed E-state index contributed by atoms with van der Waals surface area (Å²) in [5, 5.41) is 36.3. The van der Waals surface area contributed by atoms with E-state index in [0.717, 1.165) is 11.5 Å². The molecule has 0 bridgehead atoms. The molecule has 0 radical (unpaired) electrons. The average molecular weight is 808 g/mol. The highest BCUT2D eigenvalue weighted by atomic mass is 32.2. The van der Waals surface area contributed by atoms with Crippen molar-refractivity contribution in [3.05, 3.63) is 53.1 Å². The first kappa shape index (κ1) is 41.2. The van der Waals surface area contributed by atoms with Crippen molar-refractivity contribution in [2.45, 2.75) is 120 Å². The van der Waals surface area contributed by atoms with Gasteiger partial charge in [-0.25, -0.2) is 4.39 Å². The van der Waals surface area contributed by atoms with Gasteiger partial charge >= 0.3 is 7.82 Å². The van der Waals surface area contributed by atoms with E-state index in [1.807, 2.05) is 27.7 Å². The van der Waals surface area contributed by atoms with Crippen LogP contribution in [0.4, 0.5) is 4.39 Å². The van der Waals surface area contributed by atoms with Gasteiger partial charge in [0.1, 0.15) is 29.6 Å². The van der Waals surface area contributed by atoms with Crippen LogP contribution in [0.3, 0.4) is 0 Å². The summed E-state index contributed by atoms with van der Waals surface area (Å²) >= 11 is 0. The molecule has 1 aromatic carbocycles. The first-order chi connectivity index (χ1) is 25.6. The zero-order valence-electron chi connectivity index (χ0n) is 32.2. The van der Waals surface area contributed by atoms with Crippen LogP contribution in [0, 0.1) is 28.6 Å². The summed E-state index contributed by atoms with van der Waals surface area (Å²) in [4.78, 5) is 47.4. The zero-order valence-corrected chi connectivity index (χ0v) is 33.9. The highest BCUT2D eigenvalue weighted by Crippen LogP contribution is 2.72. The number of benzene rings is 1. The highest BCUT2D eigenvalue weighted by Gasteiger charge is 2.79. The monoisotopic (exact) mass is 807 g/mol. The van der Waals surface area contributed by atoms with Gasteiger partial charge in [0.25, 0.3) is 0 Å². The molecule has 55 heavy (non-hydrogen) atoms. The molecule has 5 fully saturated rings. The smallest absolute Gasteiger partial charge is 0.317 e. The van der Waals surface area contributed by atoms with Crippen molar-refractivity contribution in [3.63, 3.8) is 0 Å². The van der Waals surface area contributed by atoms with E-state index in [4.69, 9.17) is 14.0 Å². The summed E-state index contributed by atoms with van der Waals surface area (Å²) in [6.07, 6.45) is 3.16. The number of Topliss-reactive ketones (excluding diaryl/α,β-unsaturated/α-hetero) is 1. The van der Waals surface area contributed by atoms with Crippen LogP contribution in [-0.4, -0.2) is 91.7 Å². The Balaban J connectivity index is 1.07. The normalized spacial score (nSPS) is 41.3. The second-order valence-electron chi connectivity index (χ2n) is 18.0. The maximum absolute atomic E-state index is 17.7. The highest BCUT2D eigenvalue weighted by molar-refractivity contribution is 7.96. The molecule has 304 valence electrons. The molecule has 15 heteroatoms. The lowest BCUT2D eigenvalue weighted by Crippen LogP contribution is -2.69. The maximum atomic E-state index is 17.7. The summed E-state index contributed by atoms with van der Waals surface area (Å²) in [5.41, 5.74) is -4.26. The number of ketones is 2. The molecule has 7 rings (SSSR count). The maximum Gasteiger partial charge on any atom is 0.317 e. The minimum Gasteiger partial charge on any atom is -0.746 e.